The van der Waals surface area contributed by atoms with Crippen LogP contribution in [-0.2, 0) is 6.54 Å². The second-order valence-corrected chi connectivity index (χ2v) is 4.53. The highest BCUT2D eigenvalue weighted by atomic mass is 16.3. The van der Waals surface area contributed by atoms with Crippen molar-refractivity contribution in [1.29, 1.82) is 0 Å². The number of aromatic nitrogens is 2. The predicted octanol–water partition coefficient (Wildman–Crippen LogP) is 2.52. The smallest absolute Gasteiger partial charge is 0.0959 e. The fourth-order valence-corrected chi connectivity index (χ4v) is 2.19. The summed E-state index contributed by atoms with van der Waals surface area (Å²) < 4.78 is 1.93. The van der Waals surface area contributed by atoms with Crippen LogP contribution in [0.5, 0.6) is 0 Å². The van der Waals surface area contributed by atoms with Gasteiger partial charge in [-0.3, -0.25) is 4.68 Å². The second kappa shape index (κ2) is 4.79. The molecule has 1 heterocycles. The van der Waals surface area contributed by atoms with Gasteiger partial charge < -0.3 is 5.11 Å². The second-order valence-electron chi connectivity index (χ2n) is 4.53. The highest BCUT2D eigenvalue weighted by Crippen LogP contribution is 2.34. The normalized spacial score (nSPS) is 18.8. The van der Waals surface area contributed by atoms with E-state index < -0.39 is 0 Å². The molecule has 3 nitrogen and oxygen atoms in total. The van der Waals surface area contributed by atoms with Gasteiger partial charge in [-0.25, -0.2) is 0 Å². The number of hydrogen-bond acceptors (Lipinski definition) is 2. The van der Waals surface area contributed by atoms with Crippen LogP contribution >= 0.6 is 0 Å². The van der Waals surface area contributed by atoms with Crippen molar-refractivity contribution in [2.24, 2.45) is 5.92 Å². The van der Waals surface area contributed by atoms with Crippen LogP contribution in [0, 0.1) is 5.92 Å². The molecule has 0 radical (unpaired) electrons. The van der Waals surface area contributed by atoms with Crippen LogP contribution in [0.2, 0.25) is 0 Å². The summed E-state index contributed by atoms with van der Waals surface area (Å²) in [4.78, 5) is 0. The van der Waals surface area contributed by atoms with Crippen LogP contribution < -0.4 is 0 Å². The van der Waals surface area contributed by atoms with Crippen molar-refractivity contribution in [3.63, 3.8) is 0 Å². The number of hydrogen-bond donors (Lipinski definition) is 1. The van der Waals surface area contributed by atoms with E-state index >= 15 is 0 Å². The van der Waals surface area contributed by atoms with E-state index in [-0.39, 0.29) is 6.10 Å². The first-order valence-corrected chi connectivity index (χ1v) is 6.01. The SMILES string of the molecule is CCCn1nccc1C(O)CC1CCC1. The van der Waals surface area contributed by atoms with Crippen LogP contribution in [0.25, 0.3) is 0 Å². The molecule has 1 unspecified atom stereocenters. The van der Waals surface area contributed by atoms with E-state index in [1.807, 2.05) is 10.7 Å². The van der Waals surface area contributed by atoms with Gasteiger partial charge in [-0.2, -0.15) is 5.10 Å². The Balaban J connectivity index is 1.96. The summed E-state index contributed by atoms with van der Waals surface area (Å²) in [5.74, 6) is 0.741. The average molecular weight is 208 g/mol. The van der Waals surface area contributed by atoms with Crippen molar-refractivity contribution in [3.05, 3.63) is 18.0 Å². The van der Waals surface area contributed by atoms with Gasteiger partial charge in [-0.05, 0) is 24.8 Å². The summed E-state index contributed by atoms with van der Waals surface area (Å²) in [6.07, 6.45) is 7.36. The summed E-state index contributed by atoms with van der Waals surface area (Å²) in [5, 5.41) is 14.3. The van der Waals surface area contributed by atoms with Crippen LogP contribution in [-0.4, -0.2) is 14.9 Å². The molecular formula is C12H20N2O. The van der Waals surface area contributed by atoms with Crippen molar-refractivity contribution in [2.75, 3.05) is 0 Å². The molecule has 84 valence electrons. The molecule has 0 spiro atoms. The van der Waals surface area contributed by atoms with Crippen LogP contribution in [0.1, 0.15) is 50.8 Å². The maximum Gasteiger partial charge on any atom is 0.0959 e. The van der Waals surface area contributed by atoms with E-state index in [1.165, 1.54) is 19.3 Å². The first-order chi connectivity index (χ1) is 7.31. The maximum atomic E-state index is 10.1. The molecule has 1 fully saturated rings. The zero-order chi connectivity index (χ0) is 10.7. The minimum atomic E-state index is -0.315. The first-order valence-electron chi connectivity index (χ1n) is 6.01. The van der Waals surface area contributed by atoms with E-state index in [4.69, 9.17) is 0 Å². The fourth-order valence-electron chi connectivity index (χ4n) is 2.19. The average Bonchev–Trinajstić information content (AvgIpc) is 2.60. The van der Waals surface area contributed by atoms with E-state index in [0.29, 0.717) is 0 Å². The molecule has 0 saturated heterocycles. The topological polar surface area (TPSA) is 38.0 Å². The molecule has 0 aliphatic heterocycles. The lowest BCUT2D eigenvalue weighted by Crippen LogP contribution is -2.17. The largest absolute Gasteiger partial charge is 0.387 e. The zero-order valence-corrected chi connectivity index (χ0v) is 9.39. The Kier molecular flexibility index (Phi) is 3.41. The van der Waals surface area contributed by atoms with Gasteiger partial charge in [0.2, 0.25) is 0 Å². The molecule has 1 atom stereocenters. The Morgan fingerprint density at radius 2 is 2.40 bits per heavy atom. The molecule has 1 aliphatic rings. The lowest BCUT2D eigenvalue weighted by atomic mass is 9.81. The van der Waals surface area contributed by atoms with Gasteiger partial charge in [-0.15, -0.1) is 0 Å². The molecular weight excluding hydrogens is 188 g/mol. The van der Waals surface area contributed by atoms with E-state index in [9.17, 15) is 5.11 Å². The zero-order valence-electron chi connectivity index (χ0n) is 9.39. The Bertz CT molecular complexity index is 304. The lowest BCUT2D eigenvalue weighted by molar-refractivity contribution is 0.110. The Hall–Kier alpha value is -0.830. The summed E-state index contributed by atoms with van der Waals surface area (Å²) in [7, 11) is 0. The molecule has 0 aromatic carbocycles. The van der Waals surface area contributed by atoms with Gasteiger partial charge in [0, 0.05) is 12.7 Å². The van der Waals surface area contributed by atoms with Gasteiger partial charge in [0.05, 0.1) is 11.8 Å². The standard InChI is InChI=1S/C12H20N2O/c1-2-8-14-11(6-7-13-14)12(15)9-10-4-3-5-10/h6-7,10,12,15H,2-5,8-9H2,1H3. The molecule has 0 amide bonds. The fraction of sp³-hybridized carbons (Fsp3) is 0.750. The third-order valence-electron chi connectivity index (χ3n) is 3.31. The minimum absolute atomic E-state index is 0.315. The molecule has 3 heteroatoms. The number of aryl methyl sites for hydroxylation is 1. The molecule has 1 aromatic rings. The summed E-state index contributed by atoms with van der Waals surface area (Å²) in [5.41, 5.74) is 0.990. The maximum absolute atomic E-state index is 10.1. The molecule has 1 N–H and O–H groups in total. The highest BCUT2D eigenvalue weighted by Gasteiger charge is 2.23. The number of aliphatic hydroxyl groups is 1. The quantitative estimate of drug-likeness (QED) is 0.807. The van der Waals surface area contributed by atoms with Crippen molar-refractivity contribution in [1.82, 2.24) is 9.78 Å². The minimum Gasteiger partial charge on any atom is -0.387 e. The van der Waals surface area contributed by atoms with E-state index in [0.717, 1.165) is 31.0 Å². The summed E-state index contributed by atoms with van der Waals surface area (Å²) in [6.45, 7) is 3.04. The number of rotatable bonds is 5. The Labute approximate surface area is 91.1 Å². The lowest BCUT2D eigenvalue weighted by Gasteiger charge is -2.27. The van der Waals surface area contributed by atoms with Crippen LogP contribution in [0.15, 0.2) is 12.3 Å². The van der Waals surface area contributed by atoms with Gasteiger partial charge >= 0.3 is 0 Å². The Morgan fingerprint density at radius 1 is 1.60 bits per heavy atom. The van der Waals surface area contributed by atoms with Gasteiger partial charge in [-0.1, -0.05) is 26.2 Å². The number of aliphatic hydroxyl groups excluding tert-OH is 1. The molecule has 1 aromatic heterocycles. The van der Waals surface area contributed by atoms with Crippen molar-refractivity contribution in [3.8, 4) is 0 Å². The monoisotopic (exact) mass is 208 g/mol. The van der Waals surface area contributed by atoms with Crippen LogP contribution in [0.3, 0.4) is 0 Å². The van der Waals surface area contributed by atoms with Gasteiger partial charge in [0.1, 0.15) is 0 Å². The van der Waals surface area contributed by atoms with Crippen molar-refractivity contribution >= 4 is 0 Å². The van der Waals surface area contributed by atoms with E-state index in [1.54, 1.807) is 6.20 Å². The predicted molar refractivity (Wildman–Crippen MR) is 59.4 cm³/mol. The van der Waals surface area contributed by atoms with Crippen molar-refractivity contribution in [2.45, 2.75) is 51.7 Å². The molecule has 0 bridgehead atoms. The van der Waals surface area contributed by atoms with Crippen molar-refractivity contribution < 1.29 is 5.11 Å². The molecule has 1 aliphatic carbocycles. The first kappa shape index (κ1) is 10.7. The van der Waals surface area contributed by atoms with Gasteiger partial charge in [0.25, 0.3) is 0 Å². The summed E-state index contributed by atoms with van der Waals surface area (Å²) in [6, 6.07) is 1.94. The Morgan fingerprint density at radius 3 is 3.00 bits per heavy atom. The van der Waals surface area contributed by atoms with E-state index in [2.05, 4.69) is 12.0 Å². The molecule has 2 rings (SSSR count). The van der Waals surface area contributed by atoms with Gasteiger partial charge in [0.15, 0.2) is 0 Å². The van der Waals surface area contributed by atoms with Crippen LogP contribution in [0.4, 0.5) is 0 Å². The highest BCUT2D eigenvalue weighted by molar-refractivity contribution is 5.05. The third kappa shape index (κ3) is 2.40. The number of nitrogens with zero attached hydrogens (tertiary/aromatic N) is 2. The molecule has 15 heavy (non-hydrogen) atoms. The molecule has 1 saturated carbocycles. The third-order valence-corrected chi connectivity index (χ3v) is 3.31. The summed E-state index contributed by atoms with van der Waals surface area (Å²) >= 11 is 0.